The summed E-state index contributed by atoms with van der Waals surface area (Å²) in [6.45, 7) is 6.21. The summed E-state index contributed by atoms with van der Waals surface area (Å²) in [7, 11) is 9.16. The van der Waals surface area contributed by atoms with Crippen molar-refractivity contribution < 1.29 is 18.4 Å². The van der Waals surface area contributed by atoms with E-state index in [0.29, 0.717) is 12.2 Å². The van der Waals surface area contributed by atoms with Gasteiger partial charge in [0.15, 0.2) is 0 Å². The van der Waals surface area contributed by atoms with E-state index in [-0.39, 0.29) is 0 Å². The lowest BCUT2D eigenvalue weighted by atomic mass is 10.1. The zero-order valence-corrected chi connectivity index (χ0v) is 14.4. The molecule has 1 aromatic carbocycles. The highest BCUT2D eigenvalue weighted by atomic mass is 16.6. The first-order valence-corrected chi connectivity index (χ1v) is 8.26. The summed E-state index contributed by atoms with van der Waals surface area (Å²) in [6.07, 6.45) is 0.958. The average molecular weight is 306 g/mol. The molecule has 0 aromatic heterocycles. The zero-order chi connectivity index (χ0) is 15.8. The second-order valence-electron chi connectivity index (χ2n) is 8.28. The highest BCUT2D eigenvalue weighted by Crippen LogP contribution is 2.20. The summed E-state index contributed by atoms with van der Waals surface area (Å²) < 4.78 is 12.7. The van der Waals surface area contributed by atoms with Crippen LogP contribution in [0.15, 0.2) is 24.3 Å². The molecule has 2 fully saturated rings. The summed E-state index contributed by atoms with van der Waals surface area (Å²) >= 11 is 0. The lowest BCUT2D eigenvalue weighted by Crippen LogP contribution is -2.42. The number of hydrogen-bond donors (Lipinski definition) is 0. The van der Waals surface area contributed by atoms with Crippen LogP contribution in [0.4, 0.5) is 0 Å². The largest absolute Gasteiger partial charge is 0.367 e. The number of likely N-dealkylation sites (N-methyl/N-ethyl adjacent to an activating group) is 2. The number of quaternary nitrogens is 2. The molecule has 0 aliphatic carbocycles. The van der Waals surface area contributed by atoms with Crippen molar-refractivity contribution in [2.75, 3.05) is 54.5 Å². The Kier molecular flexibility index (Phi) is 4.29. The quantitative estimate of drug-likeness (QED) is 0.539. The van der Waals surface area contributed by atoms with Gasteiger partial charge in [0.25, 0.3) is 0 Å². The number of epoxide rings is 2. The van der Waals surface area contributed by atoms with Gasteiger partial charge in [0.2, 0.25) is 0 Å². The van der Waals surface area contributed by atoms with Gasteiger partial charge in [0, 0.05) is 11.1 Å². The van der Waals surface area contributed by atoms with Crippen LogP contribution in [0.25, 0.3) is 0 Å². The molecule has 0 N–H and O–H groups in total. The lowest BCUT2D eigenvalue weighted by Gasteiger charge is -2.31. The van der Waals surface area contributed by atoms with Crippen molar-refractivity contribution in [3.05, 3.63) is 35.4 Å². The summed E-state index contributed by atoms with van der Waals surface area (Å²) in [4.78, 5) is 0. The highest BCUT2D eigenvalue weighted by Gasteiger charge is 2.33. The van der Waals surface area contributed by atoms with Crippen LogP contribution in [0.3, 0.4) is 0 Å². The number of rotatable bonds is 8. The first-order chi connectivity index (χ1) is 10.3. The van der Waals surface area contributed by atoms with Crippen LogP contribution < -0.4 is 0 Å². The molecular formula is C18H30N2O2+2. The van der Waals surface area contributed by atoms with E-state index in [4.69, 9.17) is 9.47 Å². The van der Waals surface area contributed by atoms with Crippen LogP contribution in [0.1, 0.15) is 11.1 Å². The van der Waals surface area contributed by atoms with E-state index in [2.05, 4.69) is 52.5 Å². The van der Waals surface area contributed by atoms with Crippen LogP contribution in [0, 0.1) is 0 Å². The Morgan fingerprint density at radius 1 is 0.864 bits per heavy atom. The molecule has 22 heavy (non-hydrogen) atoms. The second kappa shape index (κ2) is 5.93. The molecule has 4 heteroatoms. The fourth-order valence-corrected chi connectivity index (χ4v) is 3.39. The minimum absolute atomic E-state index is 0.479. The fraction of sp³-hybridized carbons (Fsp3) is 0.667. The van der Waals surface area contributed by atoms with Gasteiger partial charge in [0.1, 0.15) is 38.4 Å². The molecule has 2 aliphatic rings. The first kappa shape index (κ1) is 15.9. The predicted molar refractivity (Wildman–Crippen MR) is 87.3 cm³/mol. The van der Waals surface area contributed by atoms with Gasteiger partial charge in [-0.05, 0) is 6.07 Å². The van der Waals surface area contributed by atoms with E-state index >= 15 is 0 Å². The molecule has 2 unspecified atom stereocenters. The Hall–Kier alpha value is -0.940. The van der Waals surface area contributed by atoms with E-state index in [1.54, 1.807) is 0 Å². The summed E-state index contributed by atoms with van der Waals surface area (Å²) in [5.41, 5.74) is 2.84. The van der Waals surface area contributed by atoms with Gasteiger partial charge in [-0.2, -0.15) is 0 Å². The summed E-state index contributed by atoms with van der Waals surface area (Å²) in [6, 6.07) is 9.08. The van der Waals surface area contributed by atoms with E-state index in [1.807, 2.05) is 0 Å². The molecule has 3 rings (SSSR count). The first-order valence-electron chi connectivity index (χ1n) is 8.26. The van der Waals surface area contributed by atoms with Gasteiger partial charge in [-0.1, -0.05) is 18.2 Å². The molecule has 0 spiro atoms. The van der Waals surface area contributed by atoms with E-state index in [1.165, 1.54) is 11.1 Å². The van der Waals surface area contributed by atoms with Crippen molar-refractivity contribution in [2.24, 2.45) is 0 Å². The molecule has 0 radical (unpaired) electrons. The lowest BCUT2D eigenvalue weighted by molar-refractivity contribution is -0.904. The van der Waals surface area contributed by atoms with Gasteiger partial charge >= 0.3 is 0 Å². The molecule has 0 amide bonds. The SMILES string of the molecule is C[N+](C)(Cc1cccc(C[N+](C)(C)CC2CO2)c1)CC1CO1. The van der Waals surface area contributed by atoms with Crippen molar-refractivity contribution in [2.45, 2.75) is 25.3 Å². The number of nitrogens with zero attached hydrogens (tertiary/aromatic N) is 2. The fourth-order valence-electron chi connectivity index (χ4n) is 3.39. The van der Waals surface area contributed by atoms with Crippen LogP contribution >= 0.6 is 0 Å². The number of hydrogen-bond acceptors (Lipinski definition) is 2. The van der Waals surface area contributed by atoms with Gasteiger partial charge in [-0.25, -0.2) is 0 Å². The van der Waals surface area contributed by atoms with Crippen molar-refractivity contribution >= 4 is 0 Å². The monoisotopic (exact) mass is 306 g/mol. The zero-order valence-electron chi connectivity index (χ0n) is 14.4. The Balaban J connectivity index is 1.61. The molecule has 2 saturated heterocycles. The van der Waals surface area contributed by atoms with Gasteiger partial charge in [-0.15, -0.1) is 0 Å². The van der Waals surface area contributed by atoms with E-state index in [9.17, 15) is 0 Å². The Bertz CT molecular complexity index is 476. The topological polar surface area (TPSA) is 25.1 Å². The maximum atomic E-state index is 5.38. The van der Waals surface area contributed by atoms with Crippen molar-refractivity contribution in [1.29, 1.82) is 0 Å². The summed E-state index contributed by atoms with van der Waals surface area (Å²) in [5, 5.41) is 0. The smallest absolute Gasteiger partial charge is 0.130 e. The van der Waals surface area contributed by atoms with Crippen LogP contribution in [0.2, 0.25) is 0 Å². The highest BCUT2D eigenvalue weighted by molar-refractivity contribution is 5.22. The molecule has 122 valence electrons. The Labute approximate surface area is 134 Å². The molecule has 0 saturated carbocycles. The maximum absolute atomic E-state index is 5.38. The van der Waals surface area contributed by atoms with Gasteiger partial charge in [0.05, 0.1) is 41.4 Å². The molecular weight excluding hydrogens is 276 g/mol. The molecule has 2 atom stereocenters. The van der Waals surface area contributed by atoms with Gasteiger partial charge in [-0.3, -0.25) is 0 Å². The van der Waals surface area contributed by atoms with Crippen molar-refractivity contribution in [3.63, 3.8) is 0 Å². The van der Waals surface area contributed by atoms with E-state index in [0.717, 1.165) is 48.4 Å². The van der Waals surface area contributed by atoms with Crippen LogP contribution in [-0.4, -0.2) is 75.7 Å². The molecule has 2 heterocycles. The Morgan fingerprint density at radius 2 is 1.27 bits per heavy atom. The molecule has 4 nitrogen and oxygen atoms in total. The van der Waals surface area contributed by atoms with Crippen LogP contribution in [0.5, 0.6) is 0 Å². The standard InChI is InChI=1S/C18H30N2O2/c1-19(2,11-17-13-21-17)9-15-6-5-7-16(8-15)10-20(3,4)12-18-14-22-18/h5-8,17-18H,9-14H2,1-4H3/q+2. The maximum Gasteiger partial charge on any atom is 0.130 e. The third-order valence-corrected chi connectivity index (χ3v) is 4.41. The Morgan fingerprint density at radius 3 is 1.64 bits per heavy atom. The van der Waals surface area contributed by atoms with Crippen molar-refractivity contribution in [1.82, 2.24) is 0 Å². The second-order valence-corrected chi connectivity index (χ2v) is 8.28. The minimum Gasteiger partial charge on any atom is -0.367 e. The average Bonchev–Trinajstić information content (AvgIpc) is 3.25. The molecule has 1 aromatic rings. The van der Waals surface area contributed by atoms with Gasteiger partial charge < -0.3 is 18.4 Å². The third-order valence-electron chi connectivity index (χ3n) is 4.41. The van der Waals surface area contributed by atoms with Crippen molar-refractivity contribution in [3.8, 4) is 0 Å². The third kappa shape index (κ3) is 5.06. The molecule has 2 aliphatic heterocycles. The molecule has 0 bridgehead atoms. The predicted octanol–water partition coefficient (Wildman–Crippen LogP) is 1.64. The minimum atomic E-state index is 0.479. The van der Waals surface area contributed by atoms with Crippen LogP contribution in [-0.2, 0) is 22.6 Å². The number of ether oxygens (including phenoxy) is 2. The van der Waals surface area contributed by atoms with E-state index < -0.39 is 0 Å². The number of benzene rings is 1. The summed E-state index contributed by atoms with van der Waals surface area (Å²) in [5.74, 6) is 0. The normalized spacial score (nSPS) is 24.4.